The smallest absolute Gasteiger partial charge is 0.0564 e. The molecule has 1 heterocycles. The molecule has 1 N–H and O–H groups in total. The van der Waals surface area contributed by atoms with Crippen LogP contribution in [-0.4, -0.2) is 35.2 Å². The molecule has 3 atom stereocenters. The van der Waals surface area contributed by atoms with E-state index in [1.807, 2.05) is 0 Å². The number of aliphatic hydroxyl groups excluding tert-OH is 1. The van der Waals surface area contributed by atoms with E-state index < -0.39 is 0 Å². The highest BCUT2D eigenvalue weighted by molar-refractivity contribution is 4.99. The molecule has 3 aliphatic rings. The maximum Gasteiger partial charge on any atom is 0.0564 e. The van der Waals surface area contributed by atoms with Crippen molar-refractivity contribution in [1.29, 1.82) is 0 Å². The first-order valence-corrected chi connectivity index (χ1v) is 6.27. The highest BCUT2D eigenvalue weighted by Crippen LogP contribution is 2.51. The van der Waals surface area contributed by atoms with Gasteiger partial charge in [0, 0.05) is 19.1 Å². The normalized spacial score (nSPS) is 44.8. The Labute approximate surface area is 86.3 Å². The molecule has 3 unspecified atom stereocenters. The third-order valence-corrected chi connectivity index (χ3v) is 4.51. The summed E-state index contributed by atoms with van der Waals surface area (Å²) in [6, 6.07) is 0.890. The summed E-state index contributed by atoms with van der Waals surface area (Å²) in [6.07, 6.45) is 7.88. The predicted octanol–water partition coefficient (Wildman–Crippen LogP) is 1.63. The Hall–Kier alpha value is -0.0800. The van der Waals surface area contributed by atoms with Gasteiger partial charge in [-0.05, 0) is 37.5 Å². The van der Waals surface area contributed by atoms with Crippen molar-refractivity contribution in [3.8, 4) is 0 Å². The summed E-state index contributed by atoms with van der Waals surface area (Å²) >= 11 is 0. The monoisotopic (exact) mass is 195 g/mol. The lowest BCUT2D eigenvalue weighted by atomic mass is 9.92. The zero-order valence-electron chi connectivity index (χ0n) is 8.86. The van der Waals surface area contributed by atoms with Crippen LogP contribution in [0.3, 0.4) is 0 Å². The fourth-order valence-electron chi connectivity index (χ4n) is 3.55. The van der Waals surface area contributed by atoms with Gasteiger partial charge in [0.1, 0.15) is 0 Å². The largest absolute Gasteiger partial charge is 0.393 e. The quantitative estimate of drug-likeness (QED) is 0.687. The van der Waals surface area contributed by atoms with Gasteiger partial charge in [0.25, 0.3) is 0 Å². The highest BCUT2D eigenvalue weighted by Gasteiger charge is 2.47. The fraction of sp³-hybridized carbons (Fsp3) is 1.00. The lowest BCUT2D eigenvalue weighted by Crippen LogP contribution is -2.44. The van der Waals surface area contributed by atoms with Crippen LogP contribution >= 0.6 is 0 Å². The second-order valence-corrected chi connectivity index (χ2v) is 5.43. The Morgan fingerprint density at radius 1 is 1.00 bits per heavy atom. The Balaban J connectivity index is 1.59. The molecule has 0 aromatic carbocycles. The summed E-state index contributed by atoms with van der Waals surface area (Å²) in [5.41, 5.74) is 0. The number of likely N-dealkylation sites (tertiary alicyclic amines) is 1. The molecule has 3 fully saturated rings. The molecule has 3 rings (SSSR count). The van der Waals surface area contributed by atoms with Crippen molar-refractivity contribution in [2.24, 2.45) is 11.8 Å². The minimum atomic E-state index is -0.00941. The molecular formula is C12H21NO. The summed E-state index contributed by atoms with van der Waals surface area (Å²) in [5.74, 6) is 2.12. The van der Waals surface area contributed by atoms with Crippen LogP contribution in [0.15, 0.2) is 0 Å². The Morgan fingerprint density at radius 2 is 1.79 bits per heavy atom. The lowest BCUT2D eigenvalue weighted by Gasteiger charge is -2.38. The van der Waals surface area contributed by atoms with Crippen LogP contribution in [-0.2, 0) is 0 Å². The molecule has 0 aromatic rings. The van der Waals surface area contributed by atoms with Gasteiger partial charge in [-0.2, -0.15) is 0 Å². The van der Waals surface area contributed by atoms with E-state index in [4.69, 9.17) is 0 Å². The molecule has 0 amide bonds. The van der Waals surface area contributed by atoms with Gasteiger partial charge in [-0.15, -0.1) is 0 Å². The Bertz CT molecular complexity index is 210. The first-order chi connectivity index (χ1) is 6.84. The van der Waals surface area contributed by atoms with Gasteiger partial charge in [0.15, 0.2) is 0 Å². The Morgan fingerprint density at radius 3 is 2.57 bits per heavy atom. The number of rotatable bonds is 1. The zero-order chi connectivity index (χ0) is 9.54. The van der Waals surface area contributed by atoms with E-state index in [-0.39, 0.29) is 6.10 Å². The first-order valence-electron chi connectivity index (χ1n) is 6.27. The zero-order valence-corrected chi connectivity index (χ0v) is 8.86. The van der Waals surface area contributed by atoms with Gasteiger partial charge >= 0.3 is 0 Å². The van der Waals surface area contributed by atoms with E-state index in [2.05, 4.69) is 4.90 Å². The van der Waals surface area contributed by atoms with Gasteiger partial charge in [-0.1, -0.05) is 12.8 Å². The van der Waals surface area contributed by atoms with Gasteiger partial charge in [0.05, 0.1) is 6.10 Å². The summed E-state index contributed by atoms with van der Waals surface area (Å²) in [4.78, 5) is 2.66. The summed E-state index contributed by atoms with van der Waals surface area (Å²) in [6.45, 7) is 2.30. The third kappa shape index (κ3) is 1.59. The summed E-state index contributed by atoms with van der Waals surface area (Å²) in [7, 11) is 0. The van der Waals surface area contributed by atoms with E-state index in [1.54, 1.807) is 0 Å². The predicted molar refractivity (Wildman–Crippen MR) is 56.0 cm³/mol. The molecule has 14 heavy (non-hydrogen) atoms. The van der Waals surface area contributed by atoms with Crippen molar-refractivity contribution in [3.05, 3.63) is 0 Å². The second kappa shape index (κ2) is 3.49. The SMILES string of the molecule is OC1CCN(C2CCCC3CC32)CC1. The molecule has 1 saturated heterocycles. The third-order valence-electron chi connectivity index (χ3n) is 4.51. The molecule has 2 saturated carbocycles. The number of hydrogen-bond acceptors (Lipinski definition) is 2. The highest BCUT2D eigenvalue weighted by atomic mass is 16.3. The molecular weight excluding hydrogens is 174 g/mol. The van der Waals surface area contributed by atoms with Crippen LogP contribution in [0, 0.1) is 11.8 Å². The molecule has 80 valence electrons. The lowest BCUT2D eigenvalue weighted by molar-refractivity contribution is 0.0459. The maximum atomic E-state index is 9.47. The molecule has 1 aliphatic heterocycles. The van der Waals surface area contributed by atoms with Crippen LogP contribution in [0.4, 0.5) is 0 Å². The number of fused-ring (bicyclic) bond motifs is 1. The van der Waals surface area contributed by atoms with Crippen LogP contribution in [0.2, 0.25) is 0 Å². The van der Waals surface area contributed by atoms with E-state index >= 15 is 0 Å². The van der Waals surface area contributed by atoms with Gasteiger partial charge in [-0.25, -0.2) is 0 Å². The van der Waals surface area contributed by atoms with Gasteiger partial charge in [-0.3, -0.25) is 4.90 Å². The minimum absolute atomic E-state index is 0.00941. The number of nitrogens with zero attached hydrogens (tertiary/aromatic N) is 1. The standard InChI is InChI=1S/C12H21NO/c14-10-4-6-13(7-5-10)12-3-1-2-9-8-11(9)12/h9-12,14H,1-8H2. The van der Waals surface area contributed by atoms with Crippen LogP contribution < -0.4 is 0 Å². The van der Waals surface area contributed by atoms with Gasteiger partial charge in [0.2, 0.25) is 0 Å². The Kier molecular flexibility index (Phi) is 2.29. The van der Waals surface area contributed by atoms with Crippen LogP contribution in [0.1, 0.15) is 38.5 Å². The van der Waals surface area contributed by atoms with E-state index in [9.17, 15) is 5.11 Å². The molecule has 2 heteroatoms. The number of hydrogen-bond donors (Lipinski definition) is 1. The van der Waals surface area contributed by atoms with Crippen molar-refractivity contribution >= 4 is 0 Å². The van der Waals surface area contributed by atoms with Crippen LogP contribution in [0.5, 0.6) is 0 Å². The molecule has 0 spiro atoms. The molecule has 2 aliphatic carbocycles. The van der Waals surface area contributed by atoms with Crippen molar-refractivity contribution in [1.82, 2.24) is 4.90 Å². The van der Waals surface area contributed by atoms with Crippen LogP contribution in [0.25, 0.3) is 0 Å². The molecule has 0 radical (unpaired) electrons. The molecule has 0 bridgehead atoms. The van der Waals surface area contributed by atoms with Crippen molar-refractivity contribution < 1.29 is 5.11 Å². The topological polar surface area (TPSA) is 23.5 Å². The molecule has 0 aromatic heterocycles. The number of aliphatic hydroxyl groups is 1. The minimum Gasteiger partial charge on any atom is -0.393 e. The van der Waals surface area contributed by atoms with Gasteiger partial charge < -0.3 is 5.11 Å². The second-order valence-electron chi connectivity index (χ2n) is 5.43. The fourth-order valence-corrected chi connectivity index (χ4v) is 3.55. The average molecular weight is 195 g/mol. The van der Waals surface area contributed by atoms with Crippen molar-refractivity contribution in [2.75, 3.05) is 13.1 Å². The summed E-state index contributed by atoms with van der Waals surface area (Å²) in [5, 5.41) is 9.47. The van der Waals surface area contributed by atoms with Crippen molar-refractivity contribution in [2.45, 2.75) is 50.7 Å². The number of piperidine rings is 1. The molecule has 2 nitrogen and oxygen atoms in total. The van der Waals surface area contributed by atoms with E-state index in [0.29, 0.717) is 0 Å². The average Bonchev–Trinajstić information content (AvgIpc) is 2.97. The van der Waals surface area contributed by atoms with E-state index in [0.717, 1.165) is 43.8 Å². The van der Waals surface area contributed by atoms with E-state index in [1.165, 1.54) is 25.7 Å². The first kappa shape index (κ1) is 9.17. The van der Waals surface area contributed by atoms with Crippen molar-refractivity contribution in [3.63, 3.8) is 0 Å². The maximum absolute atomic E-state index is 9.47. The summed E-state index contributed by atoms with van der Waals surface area (Å²) < 4.78 is 0.